The van der Waals surface area contributed by atoms with Gasteiger partial charge in [-0.1, -0.05) is 6.92 Å². The highest BCUT2D eigenvalue weighted by Crippen LogP contribution is 2.29. The zero-order chi connectivity index (χ0) is 13.1. The van der Waals surface area contributed by atoms with Crippen LogP contribution in [0.5, 0.6) is 0 Å². The quantitative estimate of drug-likeness (QED) is 0.760. The van der Waals surface area contributed by atoms with Gasteiger partial charge >= 0.3 is 0 Å². The molecule has 0 bridgehead atoms. The molecule has 2 fully saturated rings. The summed E-state index contributed by atoms with van der Waals surface area (Å²) in [6.45, 7) is 9.67. The standard InChI is InChI=1S/C16H32N2/c1-13(2)18-11-9-16(10-12-18)17(4)15-7-5-14(3)6-8-15/h13-16H,5-12H2,1-4H3. The van der Waals surface area contributed by atoms with Gasteiger partial charge in [0.1, 0.15) is 0 Å². The summed E-state index contributed by atoms with van der Waals surface area (Å²) in [5.74, 6) is 0.970. The molecule has 1 aliphatic carbocycles. The molecule has 18 heavy (non-hydrogen) atoms. The summed E-state index contributed by atoms with van der Waals surface area (Å²) in [5, 5.41) is 0. The van der Waals surface area contributed by atoms with Crippen LogP contribution in [0.2, 0.25) is 0 Å². The molecule has 0 spiro atoms. The highest BCUT2D eigenvalue weighted by molar-refractivity contribution is 4.85. The van der Waals surface area contributed by atoms with Gasteiger partial charge in [-0.15, -0.1) is 0 Å². The third kappa shape index (κ3) is 3.48. The maximum Gasteiger partial charge on any atom is 0.0119 e. The molecule has 1 saturated carbocycles. The minimum absolute atomic E-state index is 0.729. The van der Waals surface area contributed by atoms with E-state index in [1.54, 1.807) is 0 Å². The molecular weight excluding hydrogens is 220 g/mol. The molecule has 2 aliphatic rings. The van der Waals surface area contributed by atoms with E-state index in [-0.39, 0.29) is 0 Å². The number of piperidine rings is 1. The molecule has 2 heteroatoms. The first-order chi connectivity index (χ1) is 8.58. The van der Waals surface area contributed by atoms with Crippen LogP contribution in [0.3, 0.4) is 0 Å². The van der Waals surface area contributed by atoms with Crippen LogP contribution in [0.1, 0.15) is 59.3 Å². The fourth-order valence-corrected chi connectivity index (χ4v) is 3.76. The van der Waals surface area contributed by atoms with Crippen molar-refractivity contribution in [3.8, 4) is 0 Å². The van der Waals surface area contributed by atoms with Gasteiger partial charge in [-0.05, 0) is 78.4 Å². The Morgan fingerprint density at radius 2 is 1.39 bits per heavy atom. The summed E-state index contributed by atoms with van der Waals surface area (Å²) in [6, 6.07) is 2.45. The minimum Gasteiger partial charge on any atom is -0.301 e. The Kier molecular flexibility index (Phi) is 5.08. The van der Waals surface area contributed by atoms with E-state index in [9.17, 15) is 0 Å². The molecule has 0 N–H and O–H groups in total. The van der Waals surface area contributed by atoms with Crippen molar-refractivity contribution in [2.45, 2.75) is 77.4 Å². The zero-order valence-corrected chi connectivity index (χ0v) is 12.9. The molecule has 0 aromatic carbocycles. The van der Waals surface area contributed by atoms with Crippen molar-refractivity contribution >= 4 is 0 Å². The summed E-state index contributed by atoms with van der Waals surface area (Å²) in [4.78, 5) is 5.36. The van der Waals surface area contributed by atoms with E-state index in [1.807, 2.05) is 0 Å². The fourth-order valence-electron chi connectivity index (χ4n) is 3.76. The average Bonchev–Trinajstić information content (AvgIpc) is 2.39. The molecule has 0 aromatic rings. The average molecular weight is 252 g/mol. The van der Waals surface area contributed by atoms with Gasteiger partial charge in [0.2, 0.25) is 0 Å². The second kappa shape index (κ2) is 6.38. The van der Waals surface area contributed by atoms with E-state index >= 15 is 0 Å². The van der Waals surface area contributed by atoms with E-state index in [1.165, 1.54) is 51.6 Å². The van der Waals surface area contributed by atoms with E-state index < -0.39 is 0 Å². The number of hydrogen-bond donors (Lipinski definition) is 0. The normalized spacial score (nSPS) is 32.3. The molecule has 2 rings (SSSR count). The first-order valence-corrected chi connectivity index (χ1v) is 8.04. The molecule has 1 aliphatic heterocycles. The molecule has 1 saturated heterocycles. The molecular formula is C16H32N2. The van der Waals surface area contributed by atoms with E-state index in [0.717, 1.165) is 24.0 Å². The van der Waals surface area contributed by atoms with Crippen LogP contribution in [-0.4, -0.2) is 48.1 Å². The fraction of sp³-hybridized carbons (Fsp3) is 1.00. The number of rotatable bonds is 3. The first kappa shape index (κ1) is 14.3. The lowest BCUT2D eigenvalue weighted by atomic mass is 9.85. The topological polar surface area (TPSA) is 6.48 Å². The van der Waals surface area contributed by atoms with Crippen LogP contribution < -0.4 is 0 Å². The van der Waals surface area contributed by atoms with Crippen molar-refractivity contribution in [3.63, 3.8) is 0 Å². The summed E-state index contributed by atoms with van der Waals surface area (Å²) < 4.78 is 0. The smallest absolute Gasteiger partial charge is 0.0119 e. The lowest BCUT2D eigenvalue weighted by molar-refractivity contribution is 0.0639. The van der Waals surface area contributed by atoms with Gasteiger partial charge in [-0.3, -0.25) is 0 Å². The molecule has 106 valence electrons. The third-order valence-electron chi connectivity index (χ3n) is 5.37. The second-order valence-electron chi connectivity index (χ2n) is 6.94. The van der Waals surface area contributed by atoms with Crippen molar-refractivity contribution in [3.05, 3.63) is 0 Å². The maximum absolute atomic E-state index is 2.73. The van der Waals surface area contributed by atoms with Gasteiger partial charge in [0, 0.05) is 18.1 Å². The molecule has 0 atom stereocenters. The van der Waals surface area contributed by atoms with Crippen LogP contribution in [0.4, 0.5) is 0 Å². The Balaban J connectivity index is 1.78. The first-order valence-electron chi connectivity index (χ1n) is 8.04. The summed E-state index contributed by atoms with van der Waals surface area (Å²) >= 11 is 0. The highest BCUT2D eigenvalue weighted by atomic mass is 15.2. The van der Waals surface area contributed by atoms with Crippen LogP contribution >= 0.6 is 0 Å². The number of likely N-dealkylation sites (tertiary alicyclic amines) is 1. The van der Waals surface area contributed by atoms with Gasteiger partial charge in [-0.2, -0.15) is 0 Å². The zero-order valence-electron chi connectivity index (χ0n) is 12.9. The Bertz CT molecular complexity index is 235. The second-order valence-corrected chi connectivity index (χ2v) is 6.94. The van der Waals surface area contributed by atoms with E-state index in [4.69, 9.17) is 0 Å². The summed E-state index contributed by atoms with van der Waals surface area (Å²) in [7, 11) is 2.39. The summed E-state index contributed by atoms with van der Waals surface area (Å²) in [5.41, 5.74) is 0. The van der Waals surface area contributed by atoms with Crippen LogP contribution in [-0.2, 0) is 0 Å². The lowest BCUT2D eigenvalue weighted by Crippen LogP contribution is -2.49. The predicted molar refractivity (Wildman–Crippen MR) is 78.9 cm³/mol. The largest absolute Gasteiger partial charge is 0.301 e. The predicted octanol–water partition coefficient (Wildman–Crippen LogP) is 3.37. The number of nitrogens with zero attached hydrogens (tertiary/aromatic N) is 2. The summed E-state index contributed by atoms with van der Waals surface area (Å²) in [6.07, 6.45) is 8.51. The lowest BCUT2D eigenvalue weighted by Gasteiger charge is -2.43. The Labute approximate surface area is 114 Å². The van der Waals surface area contributed by atoms with Crippen molar-refractivity contribution in [2.75, 3.05) is 20.1 Å². The van der Waals surface area contributed by atoms with Crippen molar-refractivity contribution in [2.24, 2.45) is 5.92 Å². The van der Waals surface area contributed by atoms with Gasteiger partial charge in [0.15, 0.2) is 0 Å². The third-order valence-corrected chi connectivity index (χ3v) is 5.37. The van der Waals surface area contributed by atoms with Crippen LogP contribution in [0.25, 0.3) is 0 Å². The molecule has 0 radical (unpaired) electrons. The van der Waals surface area contributed by atoms with Crippen LogP contribution in [0.15, 0.2) is 0 Å². The van der Waals surface area contributed by atoms with E-state index in [0.29, 0.717) is 0 Å². The molecule has 0 unspecified atom stereocenters. The SMILES string of the molecule is CC1CCC(N(C)C2CCN(C(C)C)CC2)CC1. The van der Waals surface area contributed by atoms with Crippen LogP contribution in [0, 0.1) is 5.92 Å². The Morgan fingerprint density at radius 1 is 0.889 bits per heavy atom. The monoisotopic (exact) mass is 252 g/mol. The van der Waals surface area contributed by atoms with Crippen molar-refractivity contribution in [1.82, 2.24) is 9.80 Å². The van der Waals surface area contributed by atoms with Crippen molar-refractivity contribution in [1.29, 1.82) is 0 Å². The van der Waals surface area contributed by atoms with Gasteiger partial charge in [0.25, 0.3) is 0 Å². The molecule has 1 heterocycles. The van der Waals surface area contributed by atoms with E-state index in [2.05, 4.69) is 37.6 Å². The van der Waals surface area contributed by atoms with Gasteiger partial charge in [-0.25, -0.2) is 0 Å². The Morgan fingerprint density at radius 3 is 1.89 bits per heavy atom. The molecule has 0 aromatic heterocycles. The molecule has 2 nitrogen and oxygen atoms in total. The molecule has 0 amide bonds. The van der Waals surface area contributed by atoms with Gasteiger partial charge in [0.05, 0.1) is 0 Å². The van der Waals surface area contributed by atoms with Gasteiger partial charge < -0.3 is 9.80 Å². The highest BCUT2D eigenvalue weighted by Gasteiger charge is 2.29. The maximum atomic E-state index is 2.73. The Hall–Kier alpha value is -0.0800. The minimum atomic E-state index is 0.729. The van der Waals surface area contributed by atoms with Crippen molar-refractivity contribution < 1.29 is 0 Å². The number of hydrogen-bond acceptors (Lipinski definition) is 2.